The van der Waals surface area contributed by atoms with Crippen LogP contribution in [0.1, 0.15) is 5.56 Å². The van der Waals surface area contributed by atoms with Crippen LogP contribution in [0.5, 0.6) is 0 Å². The topological polar surface area (TPSA) is 70.7 Å². The largest absolute Gasteiger partial charge is 0.416 e. The lowest BCUT2D eigenvalue weighted by atomic mass is 10.2. The number of fused-ring (bicyclic) bond motifs is 1. The first-order valence-corrected chi connectivity index (χ1v) is 6.22. The van der Waals surface area contributed by atoms with Gasteiger partial charge in [-0.05, 0) is 30.3 Å². The maximum Gasteiger partial charge on any atom is 0.416 e. The molecule has 0 aliphatic heterocycles. The number of nitrogens with one attached hydrogen (secondary N) is 2. The van der Waals surface area contributed by atoms with Gasteiger partial charge in [-0.1, -0.05) is 0 Å². The minimum Gasteiger partial charge on any atom is -0.339 e. The highest BCUT2D eigenvalue weighted by Crippen LogP contribution is 2.30. The molecule has 0 saturated carbocycles. The number of hydrogen-bond donors (Lipinski definition) is 2. The summed E-state index contributed by atoms with van der Waals surface area (Å²) in [5.74, 6) is 0.228. The molecule has 0 amide bonds. The molecule has 3 aromatic rings. The van der Waals surface area contributed by atoms with Gasteiger partial charge in [-0.3, -0.25) is 4.79 Å². The zero-order chi connectivity index (χ0) is 15.7. The van der Waals surface area contributed by atoms with E-state index in [2.05, 4.69) is 20.3 Å². The van der Waals surface area contributed by atoms with E-state index in [-0.39, 0.29) is 16.8 Å². The van der Waals surface area contributed by atoms with Crippen molar-refractivity contribution in [1.82, 2.24) is 15.0 Å². The van der Waals surface area contributed by atoms with Crippen LogP contribution in [0.3, 0.4) is 0 Å². The fourth-order valence-electron chi connectivity index (χ4n) is 1.99. The molecule has 0 unspecified atom stereocenters. The number of aromatic amines is 1. The number of H-pyrrole nitrogens is 1. The van der Waals surface area contributed by atoms with E-state index in [0.717, 1.165) is 12.1 Å². The van der Waals surface area contributed by atoms with E-state index in [9.17, 15) is 18.0 Å². The highest BCUT2D eigenvalue weighted by Gasteiger charge is 2.29. The van der Waals surface area contributed by atoms with Crippen LogP contribution < -0.4 is 10.9 Å². The summed E-state index contributed by atoms with van der Waals surface area (Å²) < 4.78 is 37.6. The monoisotopic (exact) mass is 306 g/mol. The molecule has 0 saturated heterocycles. The predicted molar refractivity (Wildman–Crippen MR) is 74.9 cm³/mol. The van der Waals surface area contributed by atoms with Crippen molar-refractivity contribution < 1.29 is 13.2 Å². The number of halogens is 3. The molecule has 3 rings (SSSR count). The van der Waals surface area contributed by atoms with Crippen molar-refractivity contribution in [2.45, 2.75) is 6.18 Å². The molecule has 2 N–H and O–H groups in total. The summed E-state index contributed by atoms with van der Waals surface area (Å²) >= 11 is 0. The van der Waals surface area contributed by atoms with Gasteiger partial charge in [0.25, 0.3) is 5.56 Å². The molecule has 0 aliphatic carbocycles. The first-order chi connectivity index (χ1) is 10.4. The van der Waals surface area contributed by atoms with Crippen LogP contribution in [0.2, 0.25) is 0 Å². The molecule has 8 heteroatoms. The van der Waals surface area contributed by atoms with Crippen molar-refractivity contribution in [3.63, 3.8) is 0 Å². The van der Waals surface area contributed by atoms with Gasteiger partial charge in [0.2, 0.25) is 0 Å². The summed E-state index contributed by atoms with van der Waals surface area (Å²) in [7, 11) is 0. The van der Waals surface area contributed by atoms with Crippen molar-refractivity contribution in [2.24, 2.45) is 0 Å². The first-order valence-electron chi connectivity index (χ1n) is 6.22. The van der Waals surface area contributed by atoms with Crippen LogP contribution in [0.25, 0.3) is 10.9 Å². The number of pyridine rings is 1. The third-order valence-electron chi connectivity index (χ3n) is 3.03. The summed E-state index contributed by atoms with van der Waals surface area (Å²) in [5.41, 5.74) is -0.305. The minimum absolute atomic E-state index is 0.228. The van der Waals surface area contributed by atoms with Crippen LogP contribution in [0.4, 0.5) is 24.7 Å². The van der Waals surface area contributed by atoms with Crippen molar-refractivity contribution in [3.05, 3.63) is 58.8 Å². The number of hydrogen-bond acceptors (Lipinski definition) is 4. The smallest absolute Gasteiger partial charge is 0.339 e. The highest BCUT2D eigenvalue weighted by atomic mass is 19.4. The van der Waals surface area contributed by atoms with Crippen molar-refractivity contribution in [1.29, 1.82) is 0 Å². The number of rotatable bonds is 2. The van der Waals surface area contributed by atoms with Gasteiger partial charge < -0.3 is 10.3 Å². The molecular weight excluding hydrogens is 297 g/mol. The lowest BCUT2D eigenvalue weighted by molar-refractivity contribution is -0.137. The third kappa shape index (κ3) is 2.62. The molecule has 0 aliphatic rings. The molecule has 1 aromatic carbocycles. The average molecular weight is 306 g/mol. The molecule has 22 heavy (non-hydrogen) atoms. The van der Waals surface area contributed by atoms with Crippen molar-refractivity contribution >= 4 is 22.4 Å². The Bertz CT molecular complexity index is 866. The van der Waals surface area contributed by atoms with E-state index in [0.29, 0.717) is 11.2 Å². The first kappa shape index (κ1) is 14.1. The Morgan fingerprint density at radius 1 is 1.05 bits per heavy atom. The number of nitrogens with zero attached hydrogens (tertiary/aromatic N) is 2. The lowest BCUT2D eigenvalue weighted by Crippen LogP contribution is -2.09. The van der Waals surface area contributed by atoms with Gasteiger partial charge in [0.05, 0.1) is 11.1 Å². The van der Waals surface area contributed by atoms with Crippen LogP contribution in [0.15, 0.2) is 47.7 Å². The average Bonchev–Trinajstić information content (AvgIpc) is 2.47. The fourth-order valence-corrected chi connectivity index (χ4v) is 1.99. The van der Waals surface area contributed by atoms with Gasteiger partial charge in [0.15, 0.2) is 0 Å². The van der Waals surface area contributed by atoms with Crippen molar-refractivity contribution in [2.75, 3.05) is 5.32 Å². The van der Waals surface area contributed by atoms with Gasteiger partial charge in [0, 0.05) is 11.9 Å². The van der Waals surface area contributed by atoms with Gasteiger partial charge in [0.1, 0.15) is 17.5 Å². The molecule has 5 nitrogen and oxygen atoms in total. The van der Waals surface area contributed by atoms with E-state index in [1.54, 1.807) is 6.07 Å². The maximum atomic E-state index is 12.5. The SMILES string of the molecule is O=c1[nH]ccc2ncnc(Nc3ccc(C(F)(F)F)cc3)c12. The molecule has 0 spiro atoms. The summed E-state index contributed by atoms with van der Waals surface area (Å²) in [4.78, 5) is 22.3. The van der Waals surface area contributed by atoms with Crippen molar-refractivity contribution in [3.8, 4) is 0 Å². The molecular formula is C14H9F3N4O. The Labute approximate surface area is 121 Å². The zero-order valence-corrected chi connectivity index (χ0v) is 11.0. The second-order valence-electron chi connectivity index (χ2n) is 4.49. The molecule has 0 bridgehead atoms. The second-order valence-corrected chi connectivity index (χ2v) is 4.49. The van der Waals surface area contributed by atoms with Gasteiger partial charge >= 0.3 is 6.18 Å². The predicted octanol–water partition coefficient (Wildman–Crippen LogP) is 3.08. The Hall–Kier alpha value is -2.90. The van der Waals surface area contributed by atoms with E-state index in [4.69, 9.17) is 0 Å². The number of anilines is 2. The normalized spacial score (nSPS) is 11.6. The van der Waals surface area contributed by atoms with Gasteiger partial charge in [-0.25, -0.2) is 9.97 Å². The lowest BCUT2D eigenvalue weighted by Gasteiger charge is -2.10. The zero-order valence-electron chi connectivity index (χ0n) is 11.0. The molecule has 0 fully saturated rings. The van der Waals surface area contributed by atoms with Crippen LogP contribution in [-0.4, -0.2) is 15.0 Å². The summed E-state index contributed by atoms with van der Waals surface area (Å²) in [6.07, 6.45) is -1.66. The number of alkyl halides is 3. The minimum atomic E-state index is -4.39. The molecule has 2 heterocycles. The third-order valence-corrected chi connectivity index (χ3v) is 3.03. The Kier molecular flexibility index (Phi) is 3.28. The Balaban J connectivity index is 1.99. The Morgan fingerprint density at radius 2 is 1.77 bits per heavy atom. The summed E-state index contributed by atoms with van der Waals surface area (Å²) in [6.45, 7) is 0. The molecule has 112 valence electrons. The summed E-state index contributed by atoms with van der Waals surface area (Å²) in [5, 5.41) is 3.07. The van der Waals surface area contributed by atoms with Crippen LogP contribution in [-0.2, 0) is 6.18 Å². The standard InChI is InChI=1S/C14H9F3N4O/c15-14(16,17)8-1-3-9(4-2-8)21-12-11-10(19-7-20-12)5-6-18-13(11)22/h1-7H,(H,18,22)(H,19,20,21). The quantitative estimate of drug-likeness (QED) is 0.763. The highest BCUT2D eigenvalue weighted by molar-refractivity contribution is 5.89. The van der Waals surface area contributed by atoms with Crippen LogP contribution >= 0.6 is 0 Å². The van der Waals surface area contributed by atoms with E-state index >= 15 is 0 Å². The Morgan fingerprint density at radius 3 is 2.45 bits per heavy atom. The van der Waals surface area contributed by atoms with Crippen LogP contribution in [0, 0.1) is 0 Å². The van der Waals surface area contributed by atoms with E-state index in [1.165, 1.54) is 24.7 Å². The molecule has 0 atom stereocenters. The number of benzene rings is 1. The molecule has 2 aromatic heterocycles. The van der Waals surface area contributed by atoms with E-state index < -0.39 is 11.7 Å². The van der Waals surface area contributed by atoms with Gasteiger partial charge in [-0.2, -0.15) is 13.2 Å². The van der Waals surface area contributed by atoms with Gasteiger partial charge in [-0.15, -0.1) is 0 Å². The fraction of sp³-hybridized carbons (Fsp3) is 0.0714. The second kappa shape index (κ2) is 5.14. The molecule has 0 radical (unpaired) electrons. The maximum absolute atomic E-state index is 12.5. The number of aromatic nitrogens is 3. The summed E-state index contributed by atoms with van der Waals surface area (Å²) in [6, 6.07) is 6.06. The van der Waals surface area contributed by atoms with E-state index in [1.807, 2.05) is 0 Å².